The molecule has 2 heterocycles. The first-order valence-electron chi connectivity index (χ1n) is 7.16. The highest BCUT2D eigenvalue weighted by Crippen LogP contribution is 2.31. The van der Waals surface area contributed by atoms with Gasteiger partial charge in [0.05, 0.1) is 0 Å². The molecule has 0 amide bonds. The first kappa shape index (κ1) is 11.3. The van der Waals surface area contributed by atoms with Crippen LogP contribution in [-0.2, 0) is 6.42 Å². The molecule has 1 saturated heterocycles. The Hall–Kier alpha value is -0.830. The van der Waals surface area contributed by atoms with E-state index in [0.29, 0.717) is 5.92 Å². The van der Waals surface area contributed by atoms with Crippen LogP contribution in [0.3, 0.4) is 0 Å². The van der Waals surface area contributed by atoms with E-state index in [0.717, 1.165) is 5.92 Å². The minimum atomic E-state index is 0.708. The van der Waals surface area contributed by atoms with Gasteiger partial charge in [-0.05, 0) is 44.7 Å². The molecule has 2 N–H and O–H groups in total. The molecule has 17 heavy (non-hydrogen) atoms. The van der Waals surface area contributed by atoms with E-state index >= 15 is 0 Å². The van der Waals surface area contributed by atoms with Crippen molar-refractivity contribution in [1.82, 2.24) is 15.3 Å². The average molecular weight is 233 g/mol. The predicted octanol–water partition coefficient (Wildman–Crippen LogP) is 2.61. The summed E-state index contributed by atoms with van der Waals surface area (Å²) >= 11 is 0. The van der Waals surface area contributed by atoms with Crippen molar-refractivity contribution in [3.63, 3.8) is 0 Å². The third-order valence-corrected chi connectivity index (χ3v) is 4.31. The van der Waals surface area contributed by atoms with Gasteiger partial charge in [0.25, 0.3) is 0 Å². The highest BCUT2D eigenvalue weighted by atomic mass is 14.9. The highest BCUT2D eigenvalue weighted by molar-refractivity contribution is 5.07. The molecule has 0 radical (unpaired) electrons. The van der Waals surface area contributed by atoms with Gasteiger partial charge < -0.3 is 10.3 Å². The molecule has 1 unspecified atom stereocenters. The van der Waals surface area contributed by atoms with E-state index in [1.807, 2.05) is 0 Å². The molecule has 3 nitrogen and oxygen atoms in total. The third kappa shape index (κ3) is 2.71. The van der Waals surface area contributed by atoms with Crippen LogP contribution in [0.15, 0.2) is 6.20 Å². The predicted molar refractivity (Wildman–Crippen MR) is 69.1 cm³/mol. The van der Waals surface area contributed by atoms with Crippen molar-refractivity contribution >= 4 is 0 Å². The van der Waals surface area contributed by atoms with Gasteiger partial charge >= 0.3 is 0 Å². The maximum absolute atomic E-state index is 4.61. The molecule has 1 aliphatic heterocycles. The van der Waals surface area contributed by atoms with Crippen molar-refractivity contribution in [2.45, 2.75) is 50.9 Å². The molecular weight excluding hydrogens is 210 g/mol. The summed E-state index contributed by atoms with van der Waals surface area (Å²) in [6.45, 7) is 2.37. The van der Waals surface area contributed by atoms with Crippen molar-refractivity contribution in [3.05, 3.63) is 17.7 Å². The SMILES string of the molecule is c1nc(C2CCCCC2)[nH]c1CC1CCNC1. The van der Waals surface area contributed by atoms with Crippen LogP contribution in [0.1, 0.15) is 56.0 Å². The highest BCUT2D eigenvalue weighted by Gasteiger charge is 2.20. The zero-order chi connectivity index (χ0) is 11.5. The number of nitrogens with zero attached hydrogens (tertiary/aromatic N) is 1. The molecule has 1 aromatic rings. The largest absolute Gasteiger partial charge is 0.346 e. The Balaban J connectivity index is 1.60. The van der Waals surface area contributed by atoms with E-state index in [-0.39, 0.29) is 0 Å². The molecule has 0 bridgehead atoms. The van der Waals surface area contributed by atoms with E-state index in [4.69, 9.17) is 0 Å². The van der Waals surface area contributed by atoms with Crippen molar-refractivity contribution in [2.75, 3.05) is 13.1 Å². The van der Waals surface area contributed by atoms with Gasteiger partial charge in [0.15, 0.2) is 0 Å². The average Bonchev–Trinajstić information content (AvgIpc) is 3.02. The molecule has 3 rings (SSSR count). The number of H-pyrrole nitrogens is 1. The monoisotopic (exact) mass is 233 g/mol. The van der Waals surface area contributed by atoms with Crippen molar-refractivity contribution in [1.29, 1.82) is 0 Å². The van der Waals surface area contributed by atoms with Crippen molar-refractivity contribution in [2.24, 2.45) is 5.92 Å². The minimum absolute atomic E-state index is 0.708. The molecule has 1 atom stereocenters. The van der Waals surface area contributed by atoms with Gasteiger partial charge in [-0.2, -0.15) is 0 Å². The molecule has 0 aromatic carbocycles. The fourth-order valence-electron chi connectivity index (χ4n) is 3.26. The molecule has 3 heteroatoms. The first-order chi connectivity index (χ1) is 8.42. The molecule has 0 spiro atoms. The number of aromatic amines is 1. The smallest absolute Gasteiger partial charge is 0.109 e. The second-order valence-electron chi connectivity index (χ2n) is 5.69. The molecule has 1 aliphatic carbocycles. The first-order valence-corrected chi connectivity index (χ1v) is 7.16. The molecule has 2 fully saturated rings. The fraction of sp³-hybridized carbons (Fsp3) is 0.786. The third-order valence-electron chi connectivity index (χ3n) is 4.31. The maximum atomic E-state index is 4.61. The van der Waals surface area contributed by atoms with Gasteiger partial charge in [-0.15, -0.1) is 0 Å². The Kier molecular flexibility index (Phi) is 3.46. The van der Waals surface area contributed by atoms with Crippen LogP contribution in [0.4, 0.5) is 0 Å². The Morgan fingerprint density at radius 3 is 2.82 bits per heavy atom. The summed E-state index contributed by atoms with van der Waals surface area (Å²) in [4.78, 5) is 8.18. The zero-order valence-electron chi connectivity index (χ0n) is 10.5. The van der Waals surface area contributed by atoms with E-state index in [9.17, 15) is 0 Å². The molecular formula is C14H23N3. The summed E-state index contributed by atoms with van der Waals surface area (Å²) in [6, 6.07) is 0. The summed E-state index contributed by atoms with van der Waals surface area (Å²) in [5.74, 6) is 2.78. The standard InChI is InChI=1S/C14H23N3/c1-2-4-12(5-3-1)14-16-10-13(17-14)8-11-6-7-15-9-11/h10-12,15H,1-9H2,(H,16,17). The van der Waals surface area contributed by atoms with Gasteiger partial charge in [0.1, 0.15) is 5.82 Å². The number of aromatic nitrogens is 2. The van der Waals surface area contributed by atoms with Gasteiger partial charge in [-0.3, -0.25) is 0 Å². The summed E-state index contributed by atoms with van der Waals surface area (Å²) in [5.41, 5.74) is 1.35. The van der Waals surface area contributed by atoms with Crippen molar-refractivity contribution in [3.8, 4) is 0 Å². The maximum Gasteiger partial charge on any atom is 0.109 e. The number of hydrogen-bond donors (Lipinski definition) is 2. The molecule has 2 aliphatic rings. The summed E-state index contributed by atoms with van der Waals surface area (Å²) < 4.78 is 0. The summed E-state index contributed by atoms with van der Waals surface area (Å²) in [5, 5.41) is 3.43. The van der Waals surface area contributed by atoms with E-state index in [1.165, 1.54) is 69.6 Å². The van der Waals surface area contributed by atoms with Crippen LogP contribution in [0.2, 0.25) is 0 Å². The number of imidazole rings is 1. The molecule has 94 valence electrons. The summed E-state index contributed by atoms with van der Waals surface area (Å²) in [7, 11) is 0. The van der Waals surface area contributed by atoms with Gasteiger partial charge in [0.2, 0.25) is 0 Å². The van der Waals surface area contributed by atoms with Crippen LogP contribution in [0.25, 0.3) is 0 Å². The number of rotatable bonds is 3. The summed E-state index contributed by atoms with van der Waals surface area (Å²) in [6.07, 6.45) is 11.4. The lowest BCUT2D eigenvalue weighted by atomic mass is 9.89. The van der Waals surface area contributed by atoms with E-state index in [1.54, 1.807) is 0 Å². The fourth-order valence-corrected chi connectivity index (χ4v) is 3.26. The Morgan fingerprint density at radius 1 is 1.18 bits per heavy atom. The van der Waals surface area contributed by atoms with Crippen LogP contribution in [0, 0.1) is 5.92 Å². The van der Waals surface area contributed by atoms with Gasteiger partial charge in [-0.1, -0.05) is 19.3 Å². The topological polar surface area (TPSA) is 40.7 Å². The Labute approximate surface area is 103 Å². The van der Waals surface area contributed by atoms with Crippen LogP contribution >= 0.6 is 0 Å². The quantitative estimate of drug-likeness (QED) is 0.842. The van der Waals surface area contributed by atoms with Crippen molar-refractivity contribution < 1.29 is 0 Å². The van der Waals surface area contributed by atoms with Crippen LogP contribution in [0.5, 0.6) is 0 Å². The lowest BCUT2D eigenvalue weighted by Crippen LogP contribution is -2.11. The van der Waals surface area contributed by atoms with Crippen LogP contribution in [-0.4, -0.2) is 23.1 Å². The van der Waals surface area contributed by atoms with E-state index in [2.05, 4.69) is 21.5 Å². The number of nitrogens with one attached hydrogen (secondary N) is 2. The lowest BCUT2D eigenvalue weighted by molar-refractivity contribution is 0.430. The second-order valence-corrected chi connectivity index (χ2v) is 5.69. The van der Waals surface area contributed by atoms with E-state index < -0.39 is 0 Å². The Morgan fingerprint density at radius 2 is 2.06 bits per heavy atom. The molecule has 1 saturated carbocycles. The second kappa shape index (κ2) is 5.21. The van der Waals surface area contributed by atoms with Gasteiger partial charge in [0, 0.05) is 17.8 Å². The number of hydrogen-bond acceptors (Lipinski definition) is 2. The Bertz CT molecular complexity index is 346. The lowest BCUT2D eigenvalue weighted by Gasteiger charge is -2.19. The zero-order valence-corrected chi connectivity index (χ0v) is 10.5. The minimum Gasteiger partial charge on any atom is -0.346 e. The normalized spacial score (nSPS) is 26.5. The van der Waals surface area contributed by atoms with Crippen LogP contribution < -0.4 is 5.32 Å². The molecule has 1 aromatic heterocycles. The van der Waals surface area contributed by atoms with Gasteiger partial charge in [-0.25, -0.2) is 4.98 Å².